The van der Waals surface area contributed by atoms with Crippen LogP contribution in [0.5, 0.6) is 0 Å². The van der Waals surface area contributed by atoms with E-state index in [9.17, 15) is 4.79 Å². The predicted molar refractivity (Wildman–Crippen MR) is 75.5 cm³/mol. The minimum Gasteiger partial charge on any atom is -0.366 e. The SMILES string of the molecule is CN(C)C1CCN(C(=N)c2ccccc2C(N)=O)C1. The van der Waals surface area contributed by atoms with Gasteiger partial charge in [-0.25, -0.2) is 0 Å². The highest BCUT2D eigenvalue weighted by atomic mass is 16.1. The molecule has 0 aliphatic carbocycles. The Morgan fingerprint density at radius 2 is 2.00 bits per heavy atom. The number of hydrogen-bond acceptors (Lipinski definition) is 3. The van der Waals surface area contributed by atoms with Gasteiger partial charge in [-0.05, 0) is 26.6 Å². The Morgan fingerprint density at radius 1 is 1.37 bits per heavy atom. The van der Waals surface area contributed by atoms with E-state index >= 15 is 0 Å². The summed E-state index contributed by atoms with van der Waals surface area (Å²) in [6.45, 7) is 1.66. The number of likely N-dealkylation sites (tertiary alicyclic amines) is 1. The molecule has 1 amide bonds. The van der Waals surface area contributed by atoms with Crippen molar-refractivity contribution in [2.24, 2.45) is 5.73 Å². The van der Waals surface area contributed by atoms with E-state index in [0.29, 0.717) is 23.0 Å². The maximum absolute atomic E-state index is 11.4. The predicted octanol–water partition coefficient (Wildman–Crippen LogP) is 0.747. The monoisotopic (exact) mass is 260 g/mol. The molecule has 5 nitrogen and oxygen atoms in total. The van der Waals surface area contributed by atoms with Crippen LogP contribution in [-0.2, 0) is 0 Å². The molecule has 0 aromatic heterocycles. The van der Waals surface area contributed by atoms with Crippen LogP contribution in [0.1, 0.15) is 22.3 Å². The first kappa shape index (κ1) is 13.5. The molecular weight excluding hydrogens is 240 g/mol. The quantitative estimate of drug-likeness (QED) is 0.622. The molecule has 1 fully saturated rings. The van der Waals surface area contributed by atoms with Crippen molar-refractivity contribution < 1.29 is 4.79 Å². The lowest BCUT2D eigenvalue weighted by atomic mass is 10.1. The Bertz CT molecular complexity index is 498. The second-order valence-electron chi connectivity index (χ2n) is 5.11. The minimum atomic E-state index is -0.483. The number of nitrogens with one attached hydrogen (secondary N) is 1. The minimum absolute atomic E-state index is 0.388. The number of benzene rings is 1. The van der Waals surface area contributed by atoms with Gasteiger partial charge in [-0.1, -0.05) is 18.2 Å². The maximum Gasteiger partial charge on any atom is 0.249 e. The van der Waals surface area contributed by atoms with Crippen molar-refractivity contribution in [3.8, 4) is 0 Å². The van der Waals surface area contributed by atoms with E-state index in [4.69, 9.17) is 11.1 Å². The van der Waals surface area contributed by atoms with Gasteiger partial charge in [-0.3, -0.25) is 10.2 Å². The van der Waals surface area contributed by atoms with Crippen molar-refractivity contribution in [1.29, 1.82) is 5.41 Å². The molecule has 1 heterocycles. The van der Waals surface area contributed by atoms with Crippen LogP contribution in [0.3, 0.4) is 0 Å². The standard InChI is InChI=1S/C14H20N4O/c1-17(2)10-7-8-18(9-10)13(15)11-5-3-4-6-12(11)14(16)19/h3-6,10,15H,7-9H2,1-2H3,(H2,16,19). The summed E-state index contributed by atoms with van der Waals surface area (Å²) in [6.07, 6.45) is 1.04. The fourth-order valence-electron chi connectivity index (χ4n) is 2.44. The fourth-order valence-corrected chi connectivity index (χ4v) is 2.44. The van der Waals surface area contributed by atoms with Crippen LogP contribution in [0, 0.1) is 5.41 Å². The van der Waals surface area contributed by atoms with Crippen molar-refractivity contribution in [3.05, 3.63) is 35.4 Å². The number of carbonyl (C=O) groups is 1. The van der Waals surface area contributed by atoms with Crippen molar-refractivity contribution in [2.75, 3.05) is 27.2 Å². The zero-order valence-corrected chi connectivity index (χ0v) is 11.4. The Balaban J connectivity index is 2.19. The smallest absolute Gasteiger partial charge is 0.249 e. The van der Waals surface area contributed by atoms with Crippen LogP contribution < -0.4 is 5.73 Å². The van der Waals surface area contributed by atoms with Gasteiger partial charge in [0.15, 0.2) is 0 Å². The number of amides is 1. The van der Waals surface area contributed by atoms with Gasteiger partial charge in [0.2, 0.25) is 5.91 Å². The largest absolute Gasteiger partial charge is 0.366 e. The summed E-state index contributed by atoms with van der Waals surface area (Å²) in [7, 11) is 4.10. The lowest BCUT2D eigenvalue weighted by Gasteiger charge is -2.23. The first-order valence-electron chi connectivity index (χ1n) is 6.40. The van der Waals surface area contributed by atoms with E-state index in [-0.39, 0.29) is 0 Å². The van der Waals surface area contributed by atoms with Gasteiger partial charge in [0.05, 0.1) is 0 Å². The first-order chi connectivity index (χ1) is 9.00. The Labute approximate surface area is 113 Å². The Hall–Kier alpha value is -1.88. The molecule has 0 radical (unpaired) electrons. The second-order valence-corrected chi connectivity index (χ2v) is 5.11. The molecule has 0 bridgehead atoms. The highest BCUT2D eigenvalue weighted by molar-refractivity contribution is 6.07. The lowest BCUT2D eigenvalue weighted by molar-refractivity contribution is 0.1000. The van der Waals surface area contributed by atoms with Gasteiger partial charge in [-0.2, -0.15) is 0 Å². The molecule has 2 rings (SSSR count). The van der Waals surface area contributed by atoms with Gasteiger partial charge in [0, 0.05) is 30.3 Å². The van der Waals surface area contributed by atoms with E-state index in [1.165, 1.54) is 0 Å². The van der Waals surface area contributed by atoms with Gasteiger partial charge in [0.1, 0.15) is 5.84 Å². The van der Waals surface area contributed by atoms with Crippen molar-refractivity contribution in [1.82, 2.24) is 9.80 Å². The molecule has 0 spiro atoms. The van der Waals surface area contributed by atoms with Crippen LogP contribution >= 0.6 is 0 Å². The summed E-state index contributed by atoms with van der Waals surface area (Å²) in [5.74, 6) is -0.0949. The highest BCUT2D eigenvalue weighted by Crippen LogP contribution is 2.18. The first-order valence-corrected chi connectivity index (χ1v) is 6.40. The molecule has 1 aliphatic heterocycles. The average molecular weight is 260 g/mol. The lowest BCUT2D eigenvalue weighted by Crippen LogP contribution is -2.35. The number of nitrogens with two attached hydrogens (primary N) is 1. The second kappa shape index (κ2) is 5.40. The van der Waals surface area contributed by atoms with Crippen LogP contribution in [-0.4, -0.2) is 54.8 Å². The van der Waals surface area contributed by atoms with Crippen molar-refractivity contribution in [2.45, 2.75) is 12.5 Å². The van der Waals surface area contributed by atoms with Crippen molar-refractivity contribution in [3.63, 3.8) is 0 Å². The van der Waals surface area contributed by atoms with Crippen LogP contribution in [0.25, 0.3) is 0 Å². The highest BCUT2D eigenvalue weighted by Gasteiger charge is 2.27. The molecular formula is C14H20N4O. The molecule has 5 heteroatoms. The molecule has 1 aliphatic rings. The van der Waals surface area contributed by atoms with Gasteiger partial charge < -0.3 is 15.5 Å². The summed E-state index contributed by atoms with van der Waals surface area (Å²) in [5, 5.41) is 8.29. The summed E-state index contributed by atoms with van der Waals surface area (Å²) in [5.41, 5.74) is 6.40. The van der Waals surface area contributed by atoms with Gasteiger partial charge in [-0.15, -0.1) is 0 Å². The number of likely N-dealkylation sites (N-methyl/N-ethyl adjacent to an activating group) is 1. The molecule has 102 valence electrons. The normalized spacial score (nSPS) is 18.9. The average Bonchev–Trinajstić information content (AvgIpc) is 2.87. The number of nitrogens with zero attached hydrogens (tertiary/aromatic N) is 2. The van der Waals surface area contributed by atoms with E-state index in [1.807, 2.05) is 11.0 Å². The number of primary amides is 1. The Kier molecular flexibility index (Phi) is 3.85. The molecule has 3 N–H and O–H groups in total. The summed E-state index contributed by atoms with van der Waals surface area (Å²) < 4.78 is 0. The topological polar surface area (TPSA) is 73.4 Å². The molecule has 1 unspecified atom stereocenters. The molecule has 1 atom stereocenters. The zero-order valence-electron chi connectivity index (χ0n) is 11.4. The molecule has 0 saturated carbocycles. The van der Waals surface area contributed by atoms with Gasteiger partial charge in [0.25, 0.3) is 0 Å². The van der Waals surface area contributed by atoms with Crippen molar-refractivity contribution >= 4 is 11.7 Å². The van der Waals surface area contributed by atoms with Crippen LogP contribution in [0.4, 0.5) is 0 Å². The Morgan fingerprint density at radius 3 is 2.53 bits per heavy atom. The molecule has 1 aromatic rings. The number of carbonyl (C=O) groups excluding carboxylic acids is 1. The van der Waals surface area contributed by atoms with Gasteiger partial charge >= 0.3 is 0 Å². The van der Waals surface area contributed by atoms with Crippen LogP contribution in [0.2, 0.25) is 0 Å². The number of amidine groups is 1. The molecule has 1 saturated heterocycles. The van der Waals surface area contributed by atoms with E-state index in [2.05, 4.69) is 19.0 Å². The summed E-state index contributed by atoms with van der Waals surface area (Å²) in [6, 6.07) is 7.51. The zero-order chi connectivity index (χ0) is 14.0. The summed E-state index contributed by atoms with van der Waals surface area (Å²) >= 11 is 0. The number of hydrogen-bond donors (Lipinski definition) is 2. The maximum atomic E-state index is 11.4. The summed E-state index contributed by atoms with van der Waals surface area (Å²) in [4.78, 5) is 15.6. The van der Waals surface area contributed by atoms with E-state index in [1.54, 1.807) is 18.2 Å². The van der Waals surface area contributed by atoms with E-state index in [0.717, 1.165) is 19.5 Å². The fraction of sp³-hybridized carbons (Fsp3) is 0.429. The molecule has 1 aromatic carbocycles. The van der Waals surface area contributed by atoms with E-state index < -0.39 is 5.91 Å². The third kappa shape index (κ3) is 2.76. The molecule has 19 heavy (non-hydrogen) atoms. The third-order valence-electron chi connectivity index (χ3n) is 3.66. The number of rotatable bonds is 3. The van der Waals surface area contributed by atoms with Crippen LogP contribution in [0.15, 0.2) is 24.3 Å². The third-order valence-corrected chi connectivity index (χ3v) is 3.66.